The second-order valence-corrected chi connectivity index (χ2v) is 8.43. The molecule has 1 aliphatic rings. The summed E-state index contributed by atoms with van der Waals surface area (Å²) in [6, 6.07) is 22.0. The highest BCUT2D eigenvalue weighted by molar-refractivity contribution is 7.80. The van der Waals surface area contributed by atoms with Crippen LogP contribution in [0.15, 0.2) is 79.1 Å². The lowest BCUT2D eigenvalue weighted by Crippen LogP contribution is -2.29. The third-order valence-electron chi connectivity index (χ3n) is 6.12. The number of nitrogens with zero attached hydrogens (tertiary/aromatic N) is 4. The smallest absolute Gasteiger partial charge is 0.174 e. The first-order valence-corrected chi connectivity index (χ1v) is 11.2. The van der Waals surface area contributed by atoms with Crippen molar-refractivity contribution >= 4 is 23.0 Å². The molecule has 4 aromatic rings. The SMILES string of the molecule is COc1ccc(N2C(=S)N[C@H](c3ccccn3)[C@H]2c2cc(C)n(-c3ccccn3)c2C)cc1. The lowest BCUT2D eigenvalue weighted by atomic mass is 9.96. The van der Waals surface area contributed by atoms with Gasteiger partial charge in [-0.15, -0.1) is 0 Å². The standard InChI is InChI=1S/C26H25N5OS/c1-17-16-21(18(2)30(17)23-9-5-7-15-28-23)25-24(22-8-4-6-14-27-22)29-26(33)31(25)19-10-12-20(32-3)13-11-19/h4-16,24-25H,1-3H3,(H,29,33)/t24-,25-/m1/s1. The van der Waals surface area contributed by atoms with E-state index in [2.05, 4.69) is 44.7 Å². The Morgan fingerprint density at radius 3 is 2.30 bits per heavy atom. The zero-order valence-electron chi connectivity index (χ0n) is 18.8. The van der Waals surface area contributed by atoms with E-state index in [-0.39, 0.29) is 12.1 Å². The Bertz CT molecular complexity index is 1270. The van der Waals surface area contributed by atoms with Gasteiger partial charge in [0, 0.05) is 29.5 Å². The number of rotatable bonds is 5. The van der Waals surface area contributed by atoms with Gasteiger partial charge in [0.25, 0.3) is 0 Å². The molecule has 1 fully saturated rings. The molecule has 0 unspecified atom stereocenters. The normalized spacial score (nSPS) is 17.8. The van der Waals surface area contributed by atoms with Crippen LogP contribution in [0.4, 0.5) is 5.69 Å². The molecule has 0 spiro atoms. The summed E-state index contributed by atoms with van der Waals surface area (Å²) >= 11 is 5.85. The predicted octanol–water partition coefficient (Wildman–Crippen LogP) is 5.07. The summed E-state index contributed by atoms with van der Waals surface area (Å²) in [6.07, 6.45) is 3.64. The number of thiocarbonyl (C=S) groups is 1. The van der Waals surface area contributed by atoms with Crippen molar-refractivity contribution < 1.29 is 4.74 Å². The fraction of sp³-hybridized carbons (Fsp3) is 0.192. The van der Waals surface area contributed by atoms with Crippen LogP contribution < -0.4 is 15.0 Å². The average molecular weight is 456 g/mol. The first kappa shape index (κ1) is 21.2. The van der Waals surface area contributed by atoms with Crippen LogP contribution in [-0.2, 0) is 0 Å². The molecule has 1 N–H and O–H groups in total. The molecule has 3 aromatic heterocycles. The lowest BCUT2D eigenvalue weighted by Gasteiger charge is -2.28. The lowest BCUT2D eigenvalue weighted by molar-refractivity contribution is 0.415. The minimum absolute atomic E-state index is 0.0792. The Hall–Kier alpha value is -3.71. The zero-order valence-corrected chi connectivity index (χ0v) is 19.6. The number of pyridine rings is 2. The van der Waals surface area contributed by atoms with Crippen LogP contribution >= 0.6 is 12.2 Å². The van der Waals surface area contributed by atoms with Gasteiger partial charge < -0.3 is 19.5 Å². The number of aryl methyl sites for hydroxylation is 1. The molecule has 6 nitrogen and oxygen atoms in total. The number of anilines is 1. The summed E-state index contributed by atoms with van der Waals surface area (Å²) < 4.78 is 7.55. The Morgan fingerprint density at radius 2 is 1.67 bits per heavy atom. The highest BCUT2D eigenvalue weighted by atomic mass is 32.1. The first-order valence-electron chi connectivity index (χ1n) is 10.8. The van der Waals surface area contributed by atoms with Gasteiger partial charge in [-0.1, -0.05) is 12.1 Å². The van der Waals surface area contributed by atoms with Gasteiger partial charge in [0.05, 0.1) is 24.9 Å². The van der Waals surface area contributed by atoms with Crippen molar-refractivity contribution in [1.82, 2.24) is 19.9 Å². The topological polar surface area (TPSA) is 55.2 Å². The fourth-order valence-electron chi connectivity index (χ4n) is 4.62. The van der Waals surface area contributed by atoms with Crippen LogP contribution in [0, 0.1) is 13.8 Å². The summed E-state index contributed by atoms with van der Waals surface area (Å²) in [7, 11) is 1.67. The van der Waals surface area contributed by atoms with E-state index >= 15 is 0 Å². The largest absolute Gasteiger partial charge is 0.497 e. The molecule has 2 atom stereocenters. The second-order valence-electron chi connectivity index (χ2n) is 8.04. The van der Waals surface area contributed by atoms with E-state index in [4.69, 9.17) is 17.0 Å². The maximum atomic E-state index is 5.85. The van der Waals surface area contributed by atoms with Gasteiger partial charge in [-0.25, -0.2) is 4.98 Å². The summed E-state index contributed by atoms with van der Waals surface area (Å²) in [5, 5.41) is 4.20. The summed E-state index contributed by atoms with van der Waals surface area (Å²) in [5.74, 6) is 1.71. The molecule has 4 heterocycles. The van der Waals surface area contributed by atoms with Gasteiger partial charge in [-0.2, -0.15) is 0 Å². The molecule has 1 aromatic carbocycles. The Balaban J connectivity index is 1.66. The van der Waals surface area contributed by atoms with Gasteiger partial charge in [-0.3, -0.25) is 4.98 Å². The summed E-state index contributed by atoms with van der Waals surface area (Å²) in [5.41, 5.74) is 5.37. The maximum Gasteiger partial charge on any atom is 0.174 e. The van der Waals surface area contributed by atoms with Crippen molar-refractivity contribution in [2.75, 3.05) is 12.0 Å². The van der Waals surface area contributed by atoms with Crippen molar-refractivity contribution in [2.24, 2.45) is 0 Å². The molecule has 0 saturated carbocycles. The molecule has 0 bridgehead atoms. The number of benzene rings is 1. The molecule has 166 valence electrons. The summed E-state index contributed by atoms with van der Waals surface area (Å²) in [6.45, 7) is 4.25. The van der Waals surface area contributed by atoms with Crippen LogP contribution in [0.1, 0.15) is 34.7 Å². The number of methoxy groups -OCH3 is 1. The van der Waals surface area contributed by atoms with E-state index in [0.717, 1.165) is 34.3 Å². The number of nitrogens with one attached hydrogen (secondary N) is 1. The van der Waals surface area contributed by atoms with Crippen LogP contribution in [0.25, 0.3) is 5.82 Å². The number of ether oxygens (including phenoxy) is 1. The van der Waals surface area contributed by atoms with Crippen LogP contribution in [0.2, 0.25) is 0 Å². The molecule has 7 heteroatoms. The highest BCUT2D eigenvalue weighted by Crippen LogP contribution is 2.43. The fourth-order valence-corrected chi connectivity index (χ4v) is 4.96. The molecule has 0 aliphatic carbocycles. The quantitative estimate of drug-likeness (QED) is 0.424. The molecule has 0 amide bonds. The van der Waals surface area contributed by atoms with Gasteiger partial charge in [0.2, 0.25) is 0 Å². The predicted molar refractivity (Wildman–Crippen MR) is 134 cm³/mol. The van der Waals surface area contributed by atoms with Crippen molar-refractivity contribution in [1.29, 1.82) is 0 Å². The van der Waals surface area contributed by atoms with E-state index in [1.54, 1.807) is 7.11 Å². The van der Waals surface area contributed by atoms with E-state index in [1.807, 2.05) is 73.1 Å². The third kappa shape index (κ3) is 3.74. The average Bonchev–Trinajstić information content (AvgIpc) is 3.35. The van der Waals surface area contributed by atoms with E-state index in [9.17, 15) is 0 Å². The highest BCUT2D eigenvalue weighted by Gasteiger charge is 2.42. The molecule has 5 rings (SSSR count). The third-order valence-corrected chi connectivity index (χ3v) is 6.43. The molecular formula is C26H25N5OS. The Morgan fingerprint density at radius 1 is 0.939 bits per heavy atom. The van der Waals surface area contributed by atoms with Gasteiger partial charge in [0.15, 0.2) is 5.11 Å². The molecule has 1 aliphatic heterocycles. The number of hydrogen-bond acceptors (Lipinski definition) is 4. The van der Waals surface area contributed by atoms with Crippen LogP contribution in [-0.4, -0.2) is 26.8 Å². The zero-order chi connectivity index (χ0) is 22.9. The number of aromatic nitrogens is 3. The molecular weight excluding hydrogens is 430 g/mol. The Labute approximate surface area is 198 Å². The van der Waals surface area contributed by atoms with E-state index in [1.165, 1.54) is 5.56 Å². The van der Waals surface area contributed by atoms with Gasteiger partial charge in [-0.05, 0) is 86.2 Å². The van der Waals surface area contributed by atoms with E-state index in [0.29, 0.717) is 5.11 Å². The second kappa shape index (κ2) is 8.67. The minimum Gasteiger partial charge on any atom is -0.497 e. The first-order chi connectivity index (χ1) is 16.1. The van der Waals surface area contributed by atoms with E-state index < -0.39 is 0 Å². The van der Waals surface area contributed by atoms with Gasteiger partial charge in [0.1, 0.15) is 11.6 Å². The molecule has 33 heavy (non-hydrogen) atoms. The summed E-state index contributed by atoms with van der Waals surface area (Å²) in [4.78, 5) is 11.4. The Kier molecular flexibility index (Phi) is 5.56. The minimum atomic E-state index is -0.0986. The molecule has 1 saturated heterocycles. The van der Waals surface area contributed by atoms with Crippen molar-refractivity contribution in [2.45, 2.75) is 25.9 Å². The van der Waals surface area contributed by atoms with Gasteiger partial charge >= 0.3 is 0 Å². The van der Waals surface area contributed by atoms with Crippen LogP contribution in [0.5, 0.6) is 5.75 Å². The van der Waals surface area contributed by atoms with Crippen LogP contribution in [0.3, 0.4) is 0 Å². The van der Waals surface area contributed by atoms with Crippen molar-refractivity contribution in [3.63, 3.8) is 0 Å². The van der Waals surface area contributed by atoms with Crippen molar-refractivity contribution in [3.05, 3.63) is 102 Å². The maximum absolute atomic E-state index is 5.85. The molecule has 0 radical (unpaired) electrons. The van der Waals surface area contributed by atoms with Crippen molar-refractivity contribution in [3.8, 4) is 11.6 Å². The number of hydrogen-bond donors (Lipinski definition) is 1. The monoisotopic (exact) mass is 455 g/mol.